The summed E-state index contributed by atoms with van der Waals surface area (Å²) in [5.41, 5.74) is 4.05. The van der Waals surface area contributed by atoms with E-state index < -0.39 is 0 Å². The first kappa shape index (κ1) is 14.1. The molecule has 2 rings (SSSR count). The van der Waals surface area contributed by atoms with Gasteiger partial charge >= 0.3 is 5.97 Å². The molecule has 0 aliphatic carbocycles. The summed E-state index contributed by atoms with van der Waals surface area (Å²) >= 11 is 0. The van der Waals surface area contributed by atoms with Crippen LogP contribution < -0.4 is 0 Å². The van der Waals surface area contributed by atoms with Crippen molar-refractivity contribution in [3.8, 4) is 0 Å². The van der Waals surface area contributed by atoms with Crippen LogP contribution >= 0.6 is 0 Å². The Bertz CT molecular complexity index is 592. The van der Waals surface area contributed by atoms with Crippen molar-refractivity contribution in [1.82, 2.24) is 0 Å². The molecule has 2 aromatic rings. The fourth-order valence-electron chi connectivity index (χ4n) is 1.81. The molecule has 0 aliphatic rings. The van der Waals surface area contributed by atoms with Gasteiger partial charge in [-0.25, -0.2) is 4.79 Å². The molecule has 20 heavy (non-hydrogen) atoms. The molecule has 102 valence electrons. The summed E-state index contributed by atoms with van der Waals surface area (Å²) in [5, 5.41) is 0. The number of hydrogen-bond donors (Lipinski definition) is 0. The third-order valence-corrected chi connectivity index (χ3v) is 2.97. The summed E-state index contributed by atoms with van der Waals surface area (Å²) in [7, 11) is 0. The van der Waals surface area contributed by atoms with Gasteiger partial charge in [0.15, 0.2) is 0 Å². The molecule has 0 radical (unpaired) electrons. The van der Waals surface area contributed by atoms with Crippen LogP contribution in [0, 0.1) is 6.92 Å². The average molecular weight is 266 g/mol. The fourth-order valence-corrected chi connectivity index (χ4v) is 1.81. The topological polar surface area (TPSA) is 26.3 Å². The summed E-state index contributed by atoms with van der Waals surface area (Å²) < 4.78 is 4.95. The van der Waals surface area contributed by atoms with Gasteiger partial charge in [0.2, 0.25) is 0 Å². The molecule has 2 nitrogen and oxygen atoms in total. The first-order valence-electron chi connectivity index (χ1n) is 6.71. The first-order valence-corrected chi connectivity index (χ1v) is 6.71. The molecule has 2 heteroatoms. The zero-order chi connectivity index (χ0) is 14.4. The molecular weight excluding hydrogens is 248 g/mol. The van der Waals surface area contributed by atoms with Crippen molar-refractivity contribution in [2.75, 3.05) is 6.61 Å². The number of aryl methyl sites for hydroxylation is 1. The lowest BCUT2D eigenvalue weighted by molar-refractivity contribution is 0.0526. The van der Waals surface area contributed by atoms with E-state index in [0.29, 0.717) is 12.2 Å². The Morgan fingerprint density at radius 3 is 1.95 bits per heavy atom. The van der Waals surface area contributed by atoms with Gasteiger partial charge < -0.3 is 4.74 Å². The summed E-state index contributed by atoms with van der Waals surface area (Å²) in [6, 6.07) is 15.7. The van der Waals surface area contributed by atoms with E-state index in [4.69, 9.17) is 4.74 Å². The highest BCUT2D eigenvalue weighted by Gasteiger charge is 2.04. The van der Waals surface area contributed by atoms with E-state index in [2.05, 4.69) is 37.3 Å². The Morgan fingerprint density at radius 2 is 1.45 bits per heavy atom. The van der Waals surface area contributed by atoms with Gasteiger partial charge in [-0.3, -0.25) is 0 Å². The maximum atomic E-state index is 11.5. The standard InChI is InChI=1S/C18H18O2/c1-3-20-18(19)17-12-10-16(11-13-17)9-8-15-6-4-14(2)5-7-15/h4-13H,3H2,1-2H3. The maximum Gasteiger partial charge on any atom is 0.338 e. The number of carbonyl (C=O) groups is 1. The molecule has 0 atom stereocenters. The fraction of sp³-hybridized carbons (Fsp3) is 0.167. The van der Waals surface area contributed by atoms with Crippen molar-refractivity contribution in [3.05, 3.63) is 70.8 Å². The van der Waals surface area contributed by atoms with E-state index in [1.54, 1.807) is 19.1 Å². The van der Waals surface area contributed by atoms with E-state index in [9.17, 15) is 4.79 Å². The Hall–Kier alpha value is -2.35. The van der Waals surface area contributed by atoms with Crippen molar-refractivity contribution in [2.24, 2.45) is 0 Å². The molecule has 0 saturated carbocycles. The third kappa shape index (κ3) is 3.82. The minimum absolute atomic E-state index is 0.276. The minimum Gasteiger partial charge on any atom is -0.462 e. The zero-order valence-corrected chi connectivity index (χ0v) is 11.8. The van der Waals surface area contributed by atoms with E-state index in [1.807, 2.05) is 18.2 Å². The van der Waals surface area contributed by atoms with Crippen LogP contribution in [-0.2, 0) is 4.74 Å². The highest BCUT2D eigenvalue weighted by Crippen LogP contribution is 2.11. The van der Waals surface area contributed by atoms with Crippen molar-refractivity contribution in [3.63, 3.8) is 0 Å². The van der Waals surface area contributed by atoms with Gasteiger partial charge in [0.1, 0.15) is 0 Å². The Balaban J connectivity index is 2.07. The molecule has 0 aromatic heterocycles. The molecule has 0 heterocycles. The first-order chi connectivity index (χ1) is 9.69. The number of hydrogen-bond acceptors (Lipinski definition) is 2. The third-order valence-electron chi connectivity index (χ3n) is 2.97. The monoisotopic (exact) mass is 266 g/mol. The smallest absolute Gasteiger partial charge is 0.338 e. The Morgan fingerprint density at radius 1 is 0.950 bits per heavy atom. The SMILES string of the molecule is CCOC(=O)c1ccc(C=Cc2ccc(C)cc2)cc1. The van der Waals surface area contributed by atoms with Crippen molar-refractivity contribution < 1.29 is 9.53 Å². The van der Waals surface area contributed by atoms with Crippen LogP contribution in [0.5, 0.6) is 0 Å². The van der Waals surface area contributed by atoms with E-state index in [-0.39, 0.29) is 5.97 Å². The van der Waals surface area contributed by atoms with E-state index in [1.165, 1.54) is 5.56 Å². The molecule has 2 aromatic carbocycles. The van der Waals surface area contributed by atoms with Crippen LogP contribution in [0.15, 0.2) is 48.5 Å². The summed E-state index contributed by atoms with van der Waals surface area (Å²) in [6.07, 6.45) is 4.08. The second kappa shape index (κ2) is 6.71. The second-order valence-corrected chi connectivity index (χ2v) is 4.59. The van der Waals surface area contributed by atoms with Gasteiger partial charge in [0.25, 0.3) is 0 Å². The molecule has 0 bridgehead atoms. The van der Waals surface area contributed by atoms with Gasteiger partial charge in [-0.05, 0) is 37.1 Å². The van der Waals surface area contributed by atoms with Crippen LogP contribution in [0.25, 0.3) is 12.2 Å². The van der Waals surface area contributed by atoms with Gasteiger partial charge in [-0.2, -0.15) is 0 Å². The average Bonchev–Trinajstić information content (AvgIpc) is 2.47. The normalized spacial score (nSPS) is 10.7. The van der Waals surface area contributed by atoms with E-state index in [0.717, 1.165) is 11.1 Å². The summed E-state index contributed by atoms with van der Waals surface area (Å²) in [6.45, 7) is 4.27. The molecule has 0 unspecified atom stereocenters. The lowest BCUT2D eigenvalue weighted by atomic mass is 10.1. The van der Waals surface area contributed by atoms with Crippen molar-refractivity contribution >= 4 is 18.1 Å². The van der Waals surface area contributed by atoms with E-state index >= 15 is 0 Å². The van der Waals surface area contributed by atoms with Gasteiger partial charge in [-0.1, -0.05) is 54.1 Å². The molecular formula is C18H18O2. The molecule has 0 N–H and O–H groups in total. The van der Waals surface area contributed by atoms with Crippen molar-refractivity contribution in [1.29, 1.82) is 0 Å². The molecule has 0 spiro atoms. The number of rotatable bonds is 4. The quantitative estimate of drug-likeness (QED) is 0.607. The number of carbonyl (C=O) groups excluding carboxylic acids is 1. The molecule has 0 amide bonds. The lowest BCUT2D eigenvalue weighted by Gasteiger charge is -2.01. The lowest BCUT2D eigenvalue weighted by Crippen LogP contribution is -2.03. The maximum absolute atomic E-state index is 11.5. The van der Waals surface area contributed by atoms with Gasteiger partial charge in [-0.15, -0.1) is 0 Å². The van der Waals surface area contributed by atoms with Crippen LogP contribution in [0.3, 0.4) is 0 Å². The number of ether oxygens (including phenoxy) is 1. The number of benzene rings is 2. The van der Waals surface area contributed by atoms with Crippen molar-refractivity contribution in [2.45, 2.75) is 13.8 Å². The Kier molecular flexibility index (Phi) is 4.72. The predicted octanol–water partition coefficient (Wildman–Crippen LogP) is 4.34. The Labute approximate surface area is 119 Å². The van der Waals surface area contributed by atoms with Crippen LogP contribution in [-0.4, -0.2) is 12.6 Å². The van der Waals surface area contributed by atoms with Gasteiger partial charge in [0.05, 0.1) is 12.2 Å². The van der Waals surface area contributed by atoms with Crippen LogP contribution in [0.2, 0.25) is 0 Å². The predicted molar refractivity (Wildman–Crippen MR) is 82.5 cm³/mol. The van der Waals surface area contributed by atoms with Crippen LogP contribution in [0.4, 0.5) is 0 Å². The molecule has 0 aliphatic heterocycles. The summed E-state index contributed by atoms with van der Waals surface area (Å²) in [4.78, 5) is 11.5. The summed E-state index contributed by atoms with van der Waals surface area (Å²) in [5.74, 6) is -0.276. The highest BCUT2D eigenvalue weighted by atomic mass is 16.5. The highest BCUT2D eigenvalue weighted by molar-refractivity contribution is 5.89. The largest absolute Gasteiger partial charge is 0.462 e. The minimum atomic E-state index is -0.276. The molecule has 0 saturated heterocycles. The molecule has 0 fully saturated rings. The number of esters is 1. The van der Waals surface area contributed by atoms with Crippen LogP contribution in [0.1, 0.15) is 34.0 Å². The second-order valence-electron chi connectivity index (χ2n) is 4.59. The van der Waals surface area contributed by atoms with Gasteiger partial charge in [0, 0.05) is 0 Å². The zero-order valence-electron chi connectivity index (χ0n) is 11.8.